The van der Waals surface area contributed by atoms with Crippen LogP contribution in [0.3, 0.4) is 0 Å². The van der Waals surface area contributed by atoms with Crippen molar-refractivity contribution in [2.75, 3.05) is 6.61 Å². The standard InChI is InChI=1S/C12H9BrO3/c13-9-3-1-8(2-4-9)11-5-6-12(16-11)10(15)7-14/h1-6,14H,7H2. The number of aliphatic hydroxyl groups is 1. The van der Waals surface area contributed by atoms with Crippen LogP contribution in [-0.4, -0.2) is 17.5 Å². The molecule has 2 rings (SSSR count). The molecule has 1 aromatic carbocycles. The van der Waals surface area contributed by atoms with Crippen molar-refractivity contribution in [1.29, 1.82) is 0 Å². The Morgan fingerprint density at radius 3 is 2.50 bits per heavy atom. The summed E-state index contributed by atoms with van der Waals surface area (Å²) in [7, 11) is 0. The molecule has 0 radical (unpaired) electrons. The molecule has 0 aliphatic carbocycles. The van der Waals surface area contributed by atoms with Crippen LogP contribution in [-0.2, 0) is 0 Å². The topological polar surface area (TPSA) is 50.4 Å². The average molecular weight is 281 g/mol. The largest absolute Gasteiger partial charge is 0.453 e. The van der Waals surface area contributed by atoms with E-state index in [4.69, 9.17) is 9.52 Å². The summed E-state index contributed by atoms with van der Waals surface area (Å²) in [4.78, 5) is 11.2. The predicted molar refractivity (Wildman–Crippen MR) is 63.3 cm³/mol. The molecule has 0 unspecified atom stereocenters. The van der Waals surface area contributed by atoms with Crippen LogP contribution in [0.15, 0.2) is 45.3 Å². The molecule has 1 heterocycles. The van der Waals surface area contributed by atoms with Gasteiger partial charge in [0.05, 0.1) is 0 Å². The molecule has 0 saturated heterocycles. The van der Waals surface area contributed by atoms with Gasteiger partial charge in [0.2, 0.25) is 5.78 Å². The lowest BCUT2D eigenvalue weighted by Crippen LogP contribution is -2.01. The third kappa shape index (κ3) is 2.23. The molecule has 0 atom stereocenters. The second kappa shape index (κ2) is 4.63. The Balaban J connectivity index is 2.31. The molecule has 1 N–H and O–H groups in total. The maximum Gasteiger partial charge on any atom is 0.223 e. The molecule has 0 saturated carbocycles. The van der Waals surface area contributed by atoms with E-state index in [0.29, 0.717) is 5.76 Å². The number of carbonyl (C=O) groups excluding carboxylic acids is 1. The van der Waals surface area contributed by atoms with Crippen LogP contribution in [0.4, 0.5) is 0 Å². The van der Waals surface area contributed by atoms with Gasteiger partial charge >= 0.3 is 0 Å². The second-order valence-corrected chi connectivity index (χ2v) is 4.17. The molecule has 2 aromatic rings. The van der Waals surface area contributed by atoms with Gasteiger partial charge in [-0.1, -0.05) is 28.1 Å². The minimum atomic E-state index is -0.534. The van der Waals surface area contributed by atoms with Gasteiger partial charge in [-0.25, -0.2) is 0 Å². The number of benzene rings is 1. The molecule has 0 amide bonds. The number of carbonyl (C=O) groups is 1. The predicted octanol–water partition coefficient (Wildman–Crippen LogP) is 2.88. The molecule has 16 heavy (non-hydrogen) atoms. The van der Waals surface area contributed by atoms with Crippen molar-refractivity contribution in [3.05, 3.63) is 46.6 Å². The summed E-state index contributed by atoms with van der Waals surface area (Å²) in [5, 5.41) is 8.69. The average Bonchev–Trinajstić information content (AvgIpc) is 2.78. The third-order valence-corrected chi connectivity index (χ3v) is 2.68. The highest BCUT2D eigenvalue weighted by Crippen LogP contribution is 2.24. The minimum Gasteiger partial charge on any atom is -0.453 e. The highest BCUT2D eigenvalue weighted by molar-refractivity contribution is 9.10. The van der Waals surface area contributed by atoms with Crippen molar-refractivity contribution in [3.63, 3.8) is 0 Å². The van der Waals surface area contributed by atoms with Crippen molar-refractivity contribution in [3.8, 4) is 11.3 Å². The number of halogens is 1. The molecule has 4 heteroatoms. The van der Waals surface area contributed by atoms with Crippen molar-refractivity contribution in [2.45, 2.75) is 0 Å². The van der Waals surface area contributed by atoms with Crippen molar-refractivity contribution in [1.82, 2.24) is 0 Å². The van der Waals surface area contributed by atoms with E-state index in [1.807, 2.05) is 24.3 Å². The molecule has 0 aliphatic heterocycles. The van der Waals surface area contributed by atoms with Crippen LogP contribution >= 0.6 is 15.9 Å². The van der Waals surface area contributed by atoms with Crippen LogP contribution in [0, 0.1) is 0 Å². The van der Waals surface area contributed by atoms with E-state index in [1.54, 1.807) is 12.1 Å². The second-order valence-electron chi connectivity index (χ2n) is 3.25. The molecule has 0 fully saturated rings. The van der Waals surface area contributed by atoms with Gasteiger partial charge in [-0.3, -0.25) is 4.79 Å². The number of aliphatic hydroxyl groups excluding tert-OH is 1. The smallest absolute Gasteiger partial charge is 0.223 e. The van der Waals surface area contributed by atoms with E-state index in [0.717, 1.165) is 10.0 Å². The van der Waals surface area contributed by atoms with Crippen LogP contribution in [0.1, 0.15) is 10.6 Å². The van der Waals surface area contributed by atoms with Crippen LogP contribution in [0.25, 0.3) is 11.3 Å². The first kappa shape index (κ1) is 11.1. The fraction of sp³-hybridized carbons (Fsp3) is 0.0833. The SMILES string of the molecule is O=C(CO)c1ccc(-c2ccc(Br)cc2)o1. The maximum atomic E-state index is 11.2. The molecular formula is C12H9BrO3. The van der Waals surface area contributed by atoms with Crippen LogP contribution in [0.2, 0.25) is 0 Å². The lowest BCUT2D eigenvalue weighted by molar-refractivity contribution is 0.0876. The van der Waals surface area contributed by atoms with E-state index in [9.17, 15) is 4.79 Å². The molecule has 0 aliphatic rings. The number of rotatable bonds is 3. The molecule has 1 aromatic heterocycles. The summed E-state index contributed by atoms with van der Waals surface area (Å²) in [5.74, 6) is 0.382. The number of ketones is 1. The summed E-state index contributed by atoms with van der Waals surface area (Å²) < 4.78 is 6.32. The lowest BCUT2D eigenvalue weighted by atomic mass is 10.2. The first-order valence-corrected chi connectivity index (χ1v) is 5.50. The van der Waals surface area contributed by atoms with E-state index < -0.39 is 12.4 Å². The van der Waals surface area contributed by atoms with Gasteiger partial charge in [0, 0.05) is 10.0 Å². The van der Waals surface area contributed by atoms with Gasteiger partial charge in [0.1, 0.15) is 12.4 Å². The first-order valence-electron chi connectivity index (χ1n) is 4.70. The van der Waals surface area contributed by atoms with Gasteiger partial charge in [-0.2, -0.15) is 0 Å². The fourth-order valence-corrected chi connectivity index (χ4v) is 1.60. The van der Waals surface area contributed by atoms with Crippen LogP contribution < -0.4 is 0 Å². The zero-order valence-electron chi connectivity index (χ0n) is 8.31. The summed E-state index contributed by atoms with van der Waals surface area (Å²) in [6, 6.07) is 10.8. The zero-order valence-corrected chi connectivity index (χ0v) is 9.90. The summed E-state index contributed by atoms with van der Waals surface area (Å²) in [6.07, 6.45) is 0. The Bertz CT molecular complexity index is 499. The highest BCUT2D eigenvalue weighted by atomic mass is 79.9. The minimum absolute atomic E-state index is 0.181. The summed E-state index contributed by atoms with van der Waals surface area (Å²) >= 11 is 3.34. The molecule has 3 nitrogen and oxygen atoms in total. The Kier molecular flexibility index (Phi) is 3.22. The van der Waals surface area contributed by atoms with Crippen LogP contribution in [0.5, 0.6) is 0 Å². The molecular weight excluding hydrogens is 272 g/mol. The first-order chi connectivity index (χ1) is 7.70. The molecule has 82 valence electrons. The number of furan rings is 1. The van der Waals surface area contributed by atoms with E-state index in [-0.39, 0.29) is 5.76 Å². The summed E-state index contributed by atoms with van der Waals surface area (Å²) in [5.41, 5.74) is 0.889. The number of hydrogen-bond donors (Lipinski definition) is 1. The number of hydrogen-bond acceptors (Lipinski definition) is 3. The maximum absolute atomic E-state index is 11.2. The third-order valence-electron chi connectivity index (χ3n) is 2.15. The van der Waals surface area contributed by atoms with Gasteiger partial charge in [0.25, 0.3) is 0 Å². The Morgan fingerprint density at radius 1 is 1.19 bits per heavy atom. The Hall–Kier alpha value is -1.39. The van der Waals surface area contributed by atoms with E-state index in [1.165, 1.54) is 0 Å². The van der Waals surface area contributed by atoms with Crippen molar-refractivity contribution >= 4 is 21.7 Å². The lowest BCUT2D eigenvalue weighted by Gasteiger charge is -1.96. The van der Waals surface area contributed by atoms with Crippen molar-refractivity contribution < 1.29 is 14.3 Å². The Labute approximate surface area is 101 Å². The highest BCUT2D eigenvalue weighted by Gasteiger charge is 2.10. The van der Waals surface area contributed by atoms with E-state index in [2.05, 4.69) is 15.9 Å². The van der Waals surface area contributed by atoms with Gasteiger partial charge in [-0.15, -0.1) is 0 Å². The van der Waals surface area contributed by atoms with Gasteiger partial charge < -0.3 is 9.52 Å². The monoisotopic (exact) mass is 280 g/mol. The quantitative estimate of drug-likeness (QED) is 0.880. The summed E-state index contributed by atoms with van der Waals surface area (Å²) in [6.45, 7) is -0.534. The normalized spacial score (nSPS) is 10.4. The Morgan fingerprint density at radius 2 is 1.88 bits per heavy atom. The zero-order chi connectivity index (χ0) is 11.5. The van der Waals surface area contributed by atoms with Gasteiger partial charge in [-0.05, 0) is 24.3 Å². The molecule has 0 spiro atoms. The number of Topliss-reactive ketones (excluding diaryl/α,β-unsaturated/α-hetero) is 1. The fourth-order valence-electron chi connectivity index (χ4n) is 1.33. The van der Waals surface area contributed by atoms with Gasteiger partial charge in [0.15, 0.2) is 5.76 Å². The molecule has 0 bridgehead atoms. The van der Waals surface area contributed by atoms with Crippen molar-refractivity contribution in [2.24, 2.45) is 0 Å². The van der Waals surface area contributed by atoms with E-state index >= 15 is 0 Å².